The number of esters is 2. The van der Waals surface area contributed by atoms with Crippen LogP contribution in [0.15, 0.2) is 29.5 Å². The molecule has 0 bridgehead atoms. The number of methoxy groups -OCH3 is 1. The zero-order valence-corrected chi connectivity index (χ0v) is 15.2. The molecule has 0 radical (unpaired) electrons. The lowest BCUT2D eigenvalue weighted by atomic mass is 10.0. The van der Waals surface area contributed by atoms with Crippen LogP contribution in [0, 0.1) is 6.92 Å². The number of rotatable bonds is 6. The summed E-state index contributed by atoms with van der Waals surface area (Å²) in [5.74, 6) is -0.823. The van der Waals surface area contributed by atoms with Crippen molar-refractivity contribution in [1.29, 1.82) is 0 Å². The fraction of sp³-hybridized carbons (Fsp3) is 0.389. The number of carbonyl (C=O) groups is 3. The summed E-state index contributed by atoms with van der Waals surface area (Å²) in [7, 11) is 1.46. The van der Waals surface area contributed by atoms with Crippen LogP contribution in [0.5, 0.6) is 5.75 Å². The van der Waals surface area contributed by atoms with Gasteiger partial charge in [-0.15, -0.1) is 0 Å². The Labute approximate surface area is 151 Å². The molecule has 26 heavy (non-hydrogen) atoms. The number of urea groups is 1. The van der Waals surface area contributed by atoms with Gasteiger partial charge in [-0.3, -0.25) is 0 Å². The first-order chi connectivity index (χ1) is 12.4. The van der Waals surface area contributed by atoms with Crippen LogP contribution in [-0.4, -0.2) is 44.3 Å². The van der Waals surface area contributed by atoms with Gasteiger partial charge in [0.05, 0.1) is 31.0 Å². The van der Waals surface area contributed by atoms with E-state index in [0.717, 1.165) is 5.56 Å². The molecule has 2 rings (SSSR count). The van der Waals surface area contributed by atoms with Crippen LogP contribution in [0.1, 0.15) is 29.8 Å². The minimum Gasteiger partial charge on any atom is -0.496 e. The molecule has 1 unspecified atom stereocenters. The van der Waals surface area contributed by atoms with Crippen molar-refractivity contribution in [2.45, 2.75) is 26.8 Å². The number of hydrogen-bond donors (Lipinski definition) is 2. The normalized spacial score (nSPS) is 16.5. The van der Waals surface area contributed by atoms with Crippen molar-refractivity contribution in [3.8, 4) is 5.75 Å². The van der Waals surface area contributed by atoms with E-state index in [1.807, 2.05) is 13.0 Å². The van der Waals surface area contributed by atoms with Gasteiger partial charge in [0.2, 0.25) is 0 Å². The second-order valence-corrected chi connectivity index (χ2v) is 5.71. The molecule has 8 heteroatoms. The molecule has 2 N–H and O–H groups in total. The molecular weight excluding hydrogens is 340 g/mol. The van der Waals surface area contributed by atoms with E-state index < -0.39 is 24.0 Å². The van der Waals surface area contributed by atoms with Crippen LogP contribution < -0.4 is 15.4 Å². The van der Waals surface area contributed by atoms with Crippen molar-refractivity contribution in [2.24, 2.45) is 0 Å². The van der Waals surface area contributed by atoms with Gasteiger partial charge < -0.3 is 24.8 Å². The van der Waals surface area contributed by atoms with E-state index in [1.165, 1.54) is 7.11 Å². The molecule has 0 saturated carbocycles. The fourth-order valence-electron chi connectivity index (χ4n) is 2.59. The minimum atomic E-state index is -0.623. The molecule has 1 atom stereocenters. The third-order valence-corrected chi connectivity index (χ3v) is 3.79. The third kappa shape index (κ3) is 4.33. The lowest BCUT2D eigenvalue weighted by molar-refractivity contribution is -0.139. The van der Waals surface area contributed by atoms with Crippen LogP contribution >= 0.6 is 0 Å². The van der Waals surface area contributed by atoms with Crippen molar-refractivity contribution in [3.05, 3.63) is 40.6 Å². The van der Waals surface area contributed by atoms with Gasteiger partial charge in [-0.2, -0.15) is 0 Å². The Hall–Kier alpha value is -3.03. The van der Waals surface area contributed by atoms with E-state index in [-0.39, 0.29) is 30.0 Å². The van der Waals surface area contributed by atoms with Gasteiger partial charge in [0.1, 0.15) is 17.9 Å². The van der Waals surface area contributed by atoms with E-state index in [0.29, 0.717) is 5.75 Å². The zero-order chi connectivity index (χ0) is 19.3. The van der Waals surface area contributed by atoms with Gasteiger partial charge in [-0.25, -0.2) is 14.4 Å². The van der Waals surface area contributed by atoms with Crippen LogP contribution in [0.4, 0.5) is 4.79 Å². The number of hydrogen-bond acceptors (Lipinski definition) is 6. The highest BCUT2D eigenvalue weighted by Gasteiger charge is 2.30. The summed E-state index contributed by atoms with van der Waals surface area (Å²) in [6, 6.07) is 4.08. The molecule has 1 heterocycles. The topological polar surface area (TPSA) is 103 Å². The highest BCUT2D eigenvalue weighted by atomic mass is 16.5. The highest BCUT2D eigenvalue weighted by Crippen LogP contribution is 2.21. The molecule has 0 saturated heterocycles. The summed E-state index contributed by atoms with van der Waals surface area (Å²) < 4.78 is 15.5. The summed E-state index contributed by atoms with van der Waals surface area (Å²) in [5, 5.41) is 5.08. The molecule has 2 amide bonds. The molecule has 0 aromatic heterocycles. The maximum Gasteiger partial charge on any atom is 0.342 e. The first-order valence-corrected chi connectivity index (χ1v) is 8.16. The Morgan fingerprint density at radius 3 is 2.58 bits per heavy atom. The molecule has 1 aliphatic rings. The Bertz CT molecular complexity index is 756. The van der Waals surface area contributed by atoms with E-state index in [4.69, 9.17) is 14.2 Å². The Kier molecular flexibility index (Phi) is 6.21. The second-order valence-electron chi connectivity index (χ2n) is 5.71. The SMILES string of the molecule is CCOC(=O)C1=C(COC(=O)c2cc(C)ccc2OC)NC(=O)NC1C. The van der Waals surface area contributed by atoms with E-state index in [1.54, 1.807) is 26.0 Å². The van der Waals surface area contributed by atoms with Gasteiger partial charge in [-0.05, 0) is 32.9 Å². The van der Waals surface area contributed by atoms with Crippen LogP contribution in [0.2, 0.25) is 0 Å². The Morgan fingerprint density at radius 2 is 1.92 bits per heavy atom. The van der Waals surface area contributed by atoms with Crippen molar-refractivity contribution in [3.63, 3.8) is 0 Å². The predicted molar refractivity (Wildman–Crippen MR) is 92.8 cm³/mol. The second kappa shape index (κ2) is 8.37. The van der Waals surface area contributed by atoms with Gasteiger partial charge >= 0.3 is 18.0 Å². The molecule has 1 aliphatic heterocycles. The number of benzene rings is 1. The maximum atomic E-state index is 12.4. The number of aryl methyl sites for hydroxylation is 1. The Morgan fingerprint density at radius 1 is 1.19 bits per heavy atom. The average Bonchev–Trinajstić information content (AvgIpc) is 2.59. The zero-order valence-electron chi connectivity index (χ0n) is 15.2. The lowest BCUT2D eigenvalue weighted by Gasteiger charge is -2.26. The van der Waals surface area contributed by atoms with Crippen molar-refractivity contribution < 1.29 is 28.6 Å². The van der Waals surface area contributed by atoms with Crippen LogP contribution in [0.25, 0.3) is 0 Å². The third-order valence-electron chi connectivity index (χ3n) is 3.79. The summed E-state index contributed by atoms with van der Waals surface area (Å²) >= 11 is 0. The fourth-order valence-corrected chi connectivity index (χ4v) is 2.59. The van der Waals surface area contributed by atoms with Crippen molar-refractivity contribution in [1.82, 2.24) is 10.6 Å². The monoisotopic (exact) mass is 362 g/mol. The molecule has 1 aromatic carbocycles. The van der Waals surface area contributed by atoms with Gasteiger partial charge in [-0.1, -0.05) is 11.6 Å². The first-order valence-electron chi connectivity index (χ1n) is 8.16. The number of amides is 2. The van der Waals surface area contributed by atoms with Crippen LogP contribution in [-0.2, 0) is 14.3 Å². The average molecular weight is 362 g/mol. The lowest BCUT2D eigenvalue weighted by Crippen LogP contribution is -2.50. The molecule has 0 aliphatic carbocycles. The number of nitrogens with one attached hydrogen (secondary N) is 2. The van der Waals surface area contributed by atoms with E-state index in [9.17, 15) is 14.4 Å². The largest absolute Gasteiger partial charge is 0.496 e. The molecule has 8 nitrogen and oxygen atoms in total. The standard InChI is InChI=1S/C18H22N2O6/c1-5-25-17(22)15-11(3)19-18(23)20-13(15)9-26-16(21)12-8-10(2)6-7-14(12)24-4/h6-8,11H,5,9H2,1-4H3,(H2,19,20,23). The Balaban J connectivity index is 2.23. The van der Waals surface area contributed by atoms with E-state index >= 15 is 0 Å². The summed E-state index contributed by atoms with van der Waals surface area (Å²) in [5.41, 5.74) is 1.54. The maximum absolute atomic E-state index is 12.4. The van der Waals surface area contributed by atoms with Gasteiger partial charge in [0, 0.05) is 0 Å². The summed E-state index contributed by atoms with van der Waals surface area (Å²) in [6.45, 7) is 5.09. The van der Waals surface area contributed by atoms with Crippen molar-refractivity contribution >= 4 is 18.0 Å². The number of carbonyl (C=O) groups excluding carboxylic acids is 3. The summed E-state index contributed by atoms with van der Waals surface area (Å²) in [6.07, 6.45) is 0. The van der Waals surface area contributed by atoms with E-state index in [2.05, 4.69) is 10.6 Å². The first kappa shape index (κ1) is 19.3. The van der Waals surface area contributed by atoms with Crippen LogP contribution in [0.3, 0.4) is 0 Å². The predicted octanol–water partition coefficient (Wildman–Crippen LogP) is 1.68. The molecule has 0 fully saturated rings. The quantitative estimate of drug-likeness (QED) is 0.747. The molecular formula is C18H22N2O6. The molecule has 1 aromatic rings. The minimum absolute atomic E-state index is 0.191. The highest BCUT2D eigenvalue weighted by molar-refractivity contribution is 5.95. The number of ether oxygens (including phenoxy) is 3. The smallest absolute Gasteiger partial charge is 0.342 e. The van der Waals surface area contributed by atoms with Gasteiger partial charge in [0.15, 0.2) is 0 Å². The molecule has 140 valence electrons. The van der Waals surface area contributed by atoms with Crippen molar-refractivity contribution in [2.75, 3.05) is 20.3 Å². The van der Waals surface area contributed by atoms with Gasteiger partial charge in [0.25, 0.3) is 0 Å². The summed E-state index contributed by atoms with van der Waals surface area (Å²) in [4.78, 5) is 36.3. The molecule has 0 spiro atoms.